The van der Waals surface area contributed by atoms with Crippen molar-refractivity contribution in [3.05, 3.63) is 0 Å². The smallest absolute Gasteiger partial charge is 0.0785 e. The third-order valence-corrected chi connectivity index (χ3v) is 0. The summed E-state index contributed by atoms with van der Waals surface area (Å²) < 4.78 is 47.5. The summed E-state index contributed by atoms with van der Waals surface area (Å²) in [6.07, 6.45) is 0. The number of hydrogen-bond acceptors (Lipinski definition) is 0. The van der Waals surface area contributed by atoms with Gasteiger partial charge in [-0.05, 0) is 0 Å². The minimum absolute atomic E-state index is 0. The predicted octanol–water partition coefficient (Wildman–Crippen LogP) is 12.0. The molecule has 0 unspecified atom stereocenters. The quantitative estimate of drug-likeness (QED) is 0.256. The molecule has 0 aromatic rings. The third-order valence-electron chi connectivity index (χ3n) is 0. The van der Waals surface area contributed by atoms with Crippen molar-refractivity contribution in [3.8, 4) is 0 Å². The van der Waals surface area contributed by atoms with Crippen LogP contribution in [0.5, 0.6) is 0 Å². The zero-order valence-electron chi connectivity index (χ0n) is 8.64. The van der Waals surface area contributed by atoms with Gasteiger partial charge in [-0.15, -0.1) is 0 Å². The summed E-state index contributed by atoms with van der Waals surface area (Å²) in [6, 6.07) is 0. The number of alkyl halides is 5. The second kappa shape index (κ2) is 11900. The Bertz CT molecular complexity index is 33.6. The van der Waals surface area contributed by atoms with Crippen LogP contribution in [0.25, 0.3) is 0 Å². The molecular weight excluding hydrogens is 495 g/mol. The minimum Gasteiger partial charge on any atom is -0.269 e. The van der Waals surface area contributed by atoms with Crippen LogP contribution in [0, 0.1) is 0 Å². The molecule has 0 nitrogen and oxygen atoms in total. The fourth-order valence-corrected chi connectivity index (χ4v) is 0. The van der Waals surface area contributed by atoms with Gasteiger partial charge in [-0.2, -0.15) is 0 Å². The van der Waals surface area contributed by atoms with Crippen molar-refractivity contribution in [2.75, 3.05) is 35.9 Å². The van der Waals surface area contributed by atoms with E-state index in [-0.39, 0.29) is 164 Å². The fraction of sp³-hybridized carbons (Fsp3) is 1.00. The molecule has 9 heteroatoms. The molecular formula is C19H72F6V3. The van der Waals surface area contributed by atoms with Crippen LogP contribution < -0.4 is 0 Å². The molecule has 0 atom stereocenters. The molecule has 0 fully saturated rings. The van der Waals surface area contributed by atoms with Gasteiger partial charge in [-0.3, -0.25) is 26.7 Å². The van der Waals surface area contributed by atoms with Gasteiger partial charge in [0.05, 0.1) is 35.9 Å². The zero-order chi connectivity index (χ0) is 10.0. The number of rotatable bonds is 0. The van der Waals surface area contributed by atoms with Crippen LogP contribution in [0.1, 0.15) is 104 Å². The molecule has 205 valence electrons. The molecule has 28 heavy (non-hydrogen) atoms. The van der Waals surface area contributed by atoms with E-state index in [1.54, 1.807) is 0 Å². The first-order valence-electron chi connectivity index (χ1n) is 1.89. The van der Waals surface area contributed by atoms with Crippen molar-refractivity contribution < 1.29 is 82.3 Å². The second-order valence-corrected chi connectivity index (χ2v) is 0. The molecule has 0 bridgehead atoms. The molecule has 0 spiro atoms. The Morgan fingerprint density at radius 2 is 0.214 bits per heavy atom. The summed E-state index contributed by atoms with van der Waals surface area (Å²) in [5, 5.41) is 0. The van der Waals surface area contributed by atoms with Gasteiger partial charge in [0.15, 0.2) is 0 Å². The molecule has 0 rings (SSSR count). The molecule has 0 saturated carbocycles. The van der Waals surface area contributed by atoms with E-state index < -0.39 is 0 Å². The number of hydrogen-bond donors (Lipinski definition) is 0. The van der Waals surface area contributed by atoms with Crippen molar-refractivity contribution in [2.45, 2.75) is 104 Å². The zero-order valence-corrected chi connectivity index (χ0v) is 12.8. The van der Waals surface area contributed by atoms with Crippen molar-refractivity contribution in [1.29, 1.82) is 0 Å². The van der Waals surface area contributed by atoms with Gasteiger partial charge in [-0.1, -0.05) is 104 Å². The summed E-state index contributed by atoms with van der Waals surface area (Å²) in [4.78, 5) is 0. The molecule has 0 N–H and O–H groups in total. The van der Waals surface area contributed by atoms with Crippen LogP contribution in [-0.2, 0) is 55.7 Å². The molecule has 0 saturated heterocycles. The van der Waals surface area contributed by atoms with Crippen LogP contribution in [0.15, 0.2) is 0 Å². The Kier molecular flexibility index (Phi) is 250000. The minimum atomic E-state index is 0. The van der Waals surface area contributed by atoms with Crippen LogP contribution in [0.2, 0.25) is 0 Å². The first-order valence-corrected chi connectivity index (χ1v) is 1.89. The molecule has 0 aliphatic carbocycles. The number of halogens is 6. The molecule has 0 aliphatic rings. The Labute approximate surface area is 221 Å². The standard InChI is InChI=1S/5CH3F.14CH4.FH.3V/c5*1-2;;;;;;;;;;;;;;;;;;/h5*1H3;14*1H4;1H;;;. The SMILES string of the molecule is C.C.C.C.C.C.C.C.C.C.C.C.C.C.CF.CF.CF.CF.CF.F.[V].[V].[V]. The second-order valence-electron chi connectivity index (χ2n) is 0. The van der Waals surface area contributed by atoms with Gasteiger partial charge in [0.2, 0.25) is 0 Å². The monoisotopic (exact) mass is 567 g/mol. The predicted molar refractivity (Wildman–Crippen MR) is 132 cm³/mol. The van der Waals surface area contributed by atoms with Crippen LogP contribution in [0.3, 0.4) is 0 Å². The van der Waals surface area contributed by atoms with Gasteiger partial charge in [-0.25, -0.2) is 0 Å². The van der Waals surface area contributed by atoms with E-state index in [0.717, 1.165) is 0 Å². The van der Waals surface area contributed by atoms with E-state index in [0.29, 0.717) is 35.9 Å². The maximum atomic E-state index is 9.50. The largest absolute Gasteiger partial charge is 0.269 e. The molecule has 0 aromatic heterocycles. The van der Waals surface area contributed by atoms with E-state index in [9.17, 15) is 22.0 Å². The molecule has 0 aliphatic heterocycles. The van der Waals surface area contributed by atoms with Crippen LogP contribution in [-0.4, -0.2) is 35.9 Å². The summed E-state index contributed by atoms with van der Waals surface area (Å²) >= 11 is 0. The normalized spacial score (nSPS) is 1.07. The summed E-state index contributed by atoms with van der Waals surface area (Å²) in [5.41, 5.74) is 0. The summed E-state index contributed by atoms with van der Waals surface area (Å²) in [6.45, 7) is 0. The Hall–Kier alpha value is 1.33. The van der Waals surface area contributed by atoms with E-state index in [1.807, 2.05) is 0 Å². The first kappa shape index (κ1) is 587. The first-order chi connectivity index (χ1) is 5.00. The van der Waals surface area contributed by atoms with Crippen molar-refractivity contribution in [3.63, 3.8) is 0 Å². The van der Waals surface area contributed by atoms with E-state index >= 15 is 0 Å². The maximum Gasteiger partial charge on any atom is 0.0785 e. The average molecular weight is 568 g/mol. The molecule has 0 aromatic carbocycles. The average Bonchev–Trinajstić information content (AvgIpc) is 2.20. The summed E-state index contributed by atoms with van der Waals surface area (Å²) in [7, 11) is 2.50. The van der Waals surface area contributed by atoms with Gasteiger partial charge in [0, 0.05) is 55.7 Å². The topological polar surface area (TPSA) is 0 Å². The van der Waals surface area contributed by atoms with E-state index in [1.165, 1.54) is 0 Å². The molecule has 3 radical (unpaired) electrons. The Balaban J connectivity index is -0.000000000458. The van der Waals surface area contributed by atoms with Crippen molar-refractivity contribution in [1.82, 2.24) is 0 Å². The van der Waals surface area contributed by atoms with E-state index in [2.05, 4.69) is 0 Å². The molecule has 0 amide bonds. The van der Waals surface area contributed by atoms with Crippen molar-refractivity contribution >= 4 is 0 Å². The van der Waals surface area contributed by atoms with Gasteiger partial charge in [0.25, 0.3) is 0 Å². The maximum absolute atomic E-state index is 9.50. The third kappa shape index (κ3) is 10700. The van der Waals surface area contributed by atoms with Gasteiger partial charge < -0.3 is 0 Å². The van der Waals surface area contributed by atoms with Gasteiger partial charge in [0.1, 0.15) is 0 Å². The van der Waals surface area contributed by atoms with Crippen LogP contribution >= 0.6 is 0 Å². The van der Waals surface area contributed by atoms with Crippen LogP contribution in [0.4, 0.5) is 26.7 Å². The van der Waals surface area contributed by atoms with Gasteiger partial charge >= 0.3 is 0 Å². The molecule has 0 heterocycles. The Morgan fingerprint density at radius 1 is 0.214 bits per heavy atom. The Morgan fingerprint density at radius 3 is 0.214 bits per heavy atom. The van der Waals surface area contributed by atoms with Crippen molar-refractivity contribution in [2.24, 2.45) is 0 Å². The fourth-order valence-electron chi connectivity index (χ4n) is 0. The summed E-state index contributed by atoms with van der Waals surface area (Å²) in [5.74, 6) is 0. The van der Waals surface area contributed by atoms with E-state index in [4.69, 9.17) is 0 Å².